The Morgan fingerprint density at radius 2 is 1.61 bits per heavy atom. The molecule has 33 heavy (non-hydrogen) atoms. The number of ether oxygens (including phenoxy) is 4. The second kappa shape index (κ2) is 10.6. The van der Waals surface area contributed by atoms with Gasteiger partial charge >= 0.3 is 0 Å². The highest BCUT2D eigenvalue weighted by molar-refractivity contribution is 6.46. The van der Waals surface area contributed by atoms with Gasteiger partial charge in [-0.25, -0.2) is 0 Å². The van der Waals surface area contributed by atoms with E-state index in [1.54, 1.807) is 43.5 Å². The molecule has 1 fully saturated rings. The summed E-state index contributed by atoms with van der Waals surface area (Å²) in [6.07, 6.45) is 0.505. The lowest BCUT2D eigenvalue weighted by atomic mass is 9.94. The third-order valence-electron chi connectivity index (χ3n) is 5.41. The van der Waals surface area contributed by atoms with Gasteiger partial charge in [0.15, 0.2) is 11.5 Å². The summed E-state index contributed by atoms with van der Waals surface area (Å²) in [7, 11) is 6.00. The quantitative estimate of drug-likeness (QED) is 0.255. The topological polar surface area (TPSA) is 94.5 Å². The number of hydrogen-bond donors (Lipinski definition) is 1. The molecule has 1 aliphatic heterocycles. The summed E-state index contributed by atoms with van der Waals surface area (Å²) >= 11 is 5.96. The first-order valence-corrected chi connectivity index (χ1v) is 10.6. The van der Waals surface area contributed by atoms with Crippen LogP contribution in [0.3, 0.4) is 0 Å². The Bertz CT molecular complexity index is 1040. The van der Waals surface area contributed by atoms with E-state index < -0.39 is 17.7 Å². The van der Waals surface area contributed by atoms with E-state index in [4.69, 9.17) is 30.5 Å². The van der Waals surface area contributed by atoms with Gasteiger partial charge in [-0.1, -0.05) is 11.6 Å². The fourth-order valence-corrected chi connectivity index (χ4v) is 3.98. The number of nitrogens with zero attached hydrogens (tertiary/aromatic N) is 1. The molecule has 8 nitrogen and oxygen atoms in total. The smallest absolute Gasteiger partial charge is 0.295 e. The van der Waals surface area contributed by atoms with Crippen molar-refractivity contribution < 1.29 is 33.6 Å². The second-order valence-electron chi connectivity index (χ2n) is 7.30. The standard InChI is InChI=1S/C24H26ClNO7/c1-30-11-5-10-26-20(15-12-17(31-2)23(33-4)18(13-15)32-3)19(22(28)24(26)29)21(27)14-6-8-16(25)9-7-14/h6-9,12-13,20,27H,5,10-11H2,1-4H3. The Morgan fingerprint density at radius 3 is 2.12 bits per heavy atom. The number of halogens is 1. The van der Waals surface area contributed by atoms with Gasteiger partial charge in [0.1, 0.15) is 5.76 Å². The Labute approximate surface area is 197 Å². The number of likely N-dealkylation sites (tertiary alicyclic amines) is 1. The summed E-state index contributed by atoms with van der Waals surface area (Å²) in [5.41, 5.74) is 0.859. The van der Waals surface area contributed by atoms with Crippen molar-refractivity contribution in [3.63, 3.8) is 0 Å². The number of Topliss-reactive ketones (excluding diaryl/α,β-unsaturated/α-hetero) is 1. The lowest BCUT2D eigenvalue weighted by molar-refractivity contribution is -0.140. The van der Waals surface area contributed by atoms with E-state index in [2.05, 4.69) is 0 Å². The zero-order valence-corrected chi connectivity index (χ0v) is 19.6. The maximum absolute atomic E-state index is 13.1. The minimum Gasteiger partial charge on any atom is -0.507 e. The predicted molar refractivity (Wildman–Crippen MR) is 123 cm³/mol. The summed E-state index contributed by atoms with van der Waals surface area (Å²) in [5.74, 6) is -0.684. The molecule has 3 rings (SSSR count). The van der Waals surface area contributed by atoms with Crippen molar-refractivity contribution >= 4 is 29.1 Å². The molecule has 0 saturated carbocycles. The fraction of sp³-hybridized carbons (Fsp3) is 0.333. The van der Waals surface area contributed by atoms with Crippen LogP contribution >= 0.6 is 11.6 Å². The predicted octanol–water partition coefficient (Wildman–Crippen LogP) is 3.82. The number of rotatable bonds is 9. The van der Waals surface area contributed by atoms with E-state index >= 15 is 0 Å². The van der Waals surface area contributed by atoms with Crippen molar-refractivity contribution in [2.45, 2.75) is 12.5 Å². The maximum atomic E-state index is 13.1. The van der Waals surface area contributed by atoms with Crippen molar-refractivity contribution in [1.82, 2.24) is 4.90 Å². The highest BCUT2D eigenvalue weighted by atomic mass is 35.5. The molecular formula is C24H26ClNO7. The van der Waals surface area contributed by atoms with Crippen LogP contribution in [0, 0.1) is 0 Å². The minimum absolute atomic E-state index is 0.0333. The summed E-state index contributed by atoms with van der Waals surface area (Å²) in [6, 6.07) is 8.82. The molecule has 9 heteroatoms. The molecule has 176 valence electrons. The molecule has 0 spiro atoms. The van der Waals surface area contributed by atoms with Crippen LogP contribution in [-0.2, 0) is 14.3 Å². The van der Waals surface area contributed by atoms with E-state index in [9.17, 15) is 14.7 Å². The maximum Gasteiger partial charge on any atom is 0.295 e. The Balaban J connectivity index is 2.22. The third kappa shape index (κ3) is 4.77. The molecule has 1 atom stereocenters. The number of carbonyl (C=O) groups is 2. The first-order valence-electron chi connectivity index (χ1n) is 10.2. The normalized spacial score (nSPS) is 17.4. The van der Waals surface area contributed by atoms with Crippen molar-refractivity contribution in [2.75, 3.05) is 41.6 Å². The van der Waals surface area contributed by atoms with Crippen LogP contribution in [0.5, 0.6) is 17.2 Å². The van der Waals surface area contributed by atoms with Crippen LogP contribution < -0.4 is 14.2 Å². The first-order chi connectivity index (χ1) is 15.9. The molecular weight excluding hydrogens is 450 g/mol. The number of amides is 1. The van der Waals surface area contributed by atoms with E-state index in [0.717, 1.165) is 0 Å². The van der Waals surface area contributed by atoms with Gasteiger partial charge in [0.05, 0.1) is 32.9 Å². The van der Waals surface area contributed by atoms with Gasteiger partial charge in [0.2, 0.25) is 5.75 Å². The highest BCUT2D eigenvalue weighted by Gasteiger charge is 2.46. The monoisotopic (exact) mass is 475 g/mol. The van der Waals surface area contributed by atoms with Crippen molar-refractivity contribution in [1.29, 1.82) is 0 Å². The number of ketones is 1. The highest BCUT2D eigenvalue weighted by Crippen LogP contribution is 2.45. The van der Waals surface area contributed by atoms with E-state index in [1.165, 1.54) is 26.2 Å². The first kappa shape index (κ1) is 24.4. The second-order valence-corrected chi connectivity index (χ2v) is 7.74. The largest absolute Gasteiger partial charge is 0.507 e. The summed E-state index contributed by atoms with van der Waals surface area (Å²) in [6.45, 7) is 0.652. The SMILES string of the molecule is COCCCN1C(=O)C(=O)C(=C(O)c2ccc(Cl)cc2)C1c1cc(OC)c(OC)c(OC)c1. The molecule has 2 aromatic carbocycles. The number of benzene rings is 2. The Hall–Kier alpha value is -3.23. The van der Waals surface area contributed by atoms with Crippen molar-refractivity contribution in [2.24, 2.45) is 0 Å². The Kier molecular flexibility index (Phi) is 7.84. The molecule has 1 unspecified atom stereocenters. The summed E-state index contributed by atoms with van der Waals surface area (Å²) in [4.78, 5) is 27.5. The lowest BCUT2D eigenvalue weighted by Crippen LogP contribution is -2.31. The van der Waals surface area contributed by atoms with Crippen molar-refractivity contribution in [3.8, 4) is 17.2 Å². The van der Waals surface area contributed by atoms with Gasteiger partial charge < -0.3 is 29.0 Å². The average molecular weight is 476 g/mol. The average Bonchev–Trinajstić information content (AvgIpc) is 3.08. The number of aliphatic hydroxyl groups excluding tert-OH is 1. The molecule has 1 saturated heterocycles. The van der Waals surface area contributed by atoms with Gasteiger partial charge in [0, 0.05) is 30.8 Å². The van der Waals surface area contributed by atoms with E-state index in [1.807, 2.05) is 0 Å². The molecule has 0 radical (unpaired) electrons. The van der Waals surface area contributed by atoms with Gasteiger partial charge in [-0.15, -0.1) is 0 Å². The molecule has 1 aliphatic rings. The van der Waals surface area contributed by atoms with Gasteiger partial charge in [-0.3, -0.25) is 9.59 Å². The minimum atomic E-state index is -0.869. The van der Waals surface area contributed by atoms with Crippen LogP contribution in [0.15, 0.2) is 42.0 Å². The van der Waals surface area contributed by atoms with E-state index in [-0.39, 0.29) is 17.9 Å². The molecule has 1 N–H and O–H groups in total. The van der Waals surface area contributed by atoms with Gasteiger partial charge in [0.25, 0.3) is 11.7 Å². The van der Waals surface area contributed by atoms with Crippen LogP contribution in [0.4, 0.5) is 0 Å². The fourth-order valence-electron chi connectivity index (χ4n) is 3.86. The van der Waals surface area contributed by atoms with Crippen molar-refractivity contribution in [3.05, 3.63) is 58.1 Å². The Morgan fingerprint density at radius 1 is 1.00 bits per heavy atom. The van der Waals surface area contributed by atoms with Crippen LogP contribution in [0.2, 0.25) is 5.02 Å². The molecule has 1 amide bonds. The molecule has 2 aromatic rings. The molecule has 0 aromatic heterocycles. The zero-order chi connectivity index (χ0) is 24.1. The molecule has 1 heterocycles. The number of aliphatic hydroxyl groups is 1. The number of carbonyl (C=O) groups excluding carboxylic acids is 2. The van der Waals surface area contributed by atoms with Crippen LogP contribution in [0.25, 0.3) is 5.76 Å². The number of hydrogen-bond acceptors (Lipinski definition) is 7. The third-order valence-corrected chi connectivity index (χ3v) is 5.66. The van der Waals surface area contributed by atoms with Gasteiger partial charge in [-0.05, 0) is 48.4 Å². The molecule has 0 bridgehead atoms. The van der Waals surface area contributed by atoms with Gasteiger partial charge in [-0.2, -0.15) is 0 Å². The van der Waals surface area contributed by atoms with Crippen LogP contribution in [-0.4, -0.2) is 63.3 Å². The summed E-state index contributed by atoms with van der Waals surface area (Å²) < 4.78 is 21.4. The lowest BCUT2D eigenvalue weighted by Gasteiger charge is -2.26. The zero-order valence-electron chi connectivity index (χ0n) is 18.9. The van der Waals surface area contributed by atoms with Crippen LogP contribution in [0.1, 0.15) is 23.6 Å². The number of methoxy groups -OCH3 is 4. The molecule has 0 aliphatic carbocycles. The summed E-state index contributed by atoms with van der Waals surface area (Å²) in [5, 5.41) is 11.6. The van der Waals surface area contributed by atoms with E-state index in [0.29, 0.717) is 46.4 Å².